The molecule has 6 nitrogen and oxygen atoms in total. The van der Waals surface area contributed by atoms with Gasteiger partial charge in [-0.3, -0.25) is 0 Å². The molecule has 3 N–H and O–H groups in total. The molecule has 0 saturated carbocycles. The van der Waals surface area contributed by atoms with Crippen LogP contribution in [0.4, 0.5) is 10.5 Å². The van der Waals surface area contributed by atoms with Gasteiger partial charge in [0, 0.05) is 10.6 Å². The van der Waals surface area contributed by atoms with E-state index in [4.69, 9.17) is 20.8 Å². The van der Waals surface area contributed by atoms with Gasteiger partial charge in [0.05, 0.1) is 25.6 Å². The lowest BCUT2D eigenvalue weighted by Crippen LogP contribution is -2.42. The van der Waals surface area contributed by atoms with E-state index in [1.165, 1.54) is 24.7 Å². The molecular weight excluding hydrogens is 376 g/mol. The lowest BCUT2D eigenvalue weighted by molar-refractivity contribution is 0.0597. The lowest BCUT2D eigenvalue weighted by atomic mass is 9.93. The second-order valence-corrected chi connectivity index (χ2v) is 6.72. The predicted molar refractivity (Wildman–Crippen MR) is 101 cm³/mol. The summed E-state index contributed by atoms with van der Waals surface area (Å²) in [6.07, 6.45) is 1.48. The third kappa shape index (κ3) is 3.85. The number of rotatable bonds is 6. The van der Waals surface area contributed by atoms with Crippen molar-refractivity contribution in [1.82, 2.24) is 5.32 Å². The SMILES string of the molecule is COc1ccc(Cl)cc1NC(=O)NC[C@@](O)(c1ccsc1)c1ccco1. The second-order valence-electron chi connectivity index (χ2n) is 5.50. The smallest absolute Gasteiger partial charge is 0.319 e. The van der Waals surface area contributed by atoms with Crippen LogP contribution in [0, 0.1) is 0 Å². The minimum atomic E-state index is -1.47. The van der Waals surface area contributed by atoms with Gasteiger partial charge in [-0.15, -0.1) is 0 Å². The van der Waals surface area contributed by atoms with E-state index >= 15 is 0 Å². The highest BCUT2D eigenvalue weighted by Gasteiger charge is 2.35. The van der Waals surface area contributed by atoms with Crippen LogP contribution in [0.2, 0.25) is 5.02 Å². The average Bonchev–Trinajstić information content (AvgIpc) is 3.33. The van der Waals surface area contributed by atoms with Crippen LogP contribution in [0.1, 0.15) is 11.3 Å². The Kier molecular flexibility index (Phi) is 5.51. The molecule has 2 aromatic heterocycles. The number of thiophene rings is 1. The van der Waals surface area contributed by atoms with Crippen molar-refractivity contribution in [2.45, 2.75) is 5.60 Å². The number of benzene rings is 1. The number of hydrogen-bond acceptors (Lipinski definition) is 5. The molecule has 0 aliphatic rings. The Morgan fingerprint density at radius 2 is 2.23 bits per heavy atom. The number of hydrogen-bond donors (Lipinski definition) is 3. The van der Waals surface area contributed by atoms with Crippen LogP contribution in [0.5, 0.6) is 5.75 Å². The molecule has 2 heterocycles. The molecule has 0 aliphatic heterocycles. The first-order chi connectivity index (χ1) is 12.5. The van der Waals surface area contributed by atoms with Crippen molar-refractivity contribution < 1.29 is 19.1 Å². The molecule has 0 saturated heterocycles. The summed E-state index contributed by atoms with van der Waals surface area (Å²) in [6, 6.07) is 9.52. The quantitative estimate of drug-likeness (QED) is 0.590. The predicted octanol–water partition coefficient (Wildman–Crippen LogP) is 4.06. The Morgan fingerprint density at radius 1 is 1.38 bits per heavy atom. The molecule has 3 rings (SSSR count). The number of furan rings is 1. The number of carbonyl (C=O) groups is 1. The van der Waals surface area contributed by atoms with E-state index in [0.29, 0.717) is 27.8 Å². The largest absolute Gasteiger partial charge is 0.495 e. The maximum atomic E-state index is 12.3. The Bertz CT molecular complexity index is 831. The van der Waals surface area contributed by atoms with Crippen LogP contribution in [0.25, 0.3) is 0 Å². The zero-order valence-corrected chi connectivity index (χ0v) is 15.4. The zero-order chi connectivity index (χ0) is 18.6. The normalized spacial score (nSPS) is 13.0. The van der Waals surface area contributed by atoms with Crippen molar-refractivity contribution in [3.05, 3.63) is 69.8 Å². The first-order valence-corrected chi connectivity index (χ1v) is 9.02. The van der Waals surface area contributed by atoms with Crippen molar-refractivity contribution in [1.29, 1.82) is 0 Å². The number of halogens is 1. The highest BCUT2D eigenvalue weighted by molar-refractivity contribution is 7.08. The maximum Gasteiger partial charge on any atom is 0.319 e. The van der Waals surface area contributed by atoms with E-state index in [9.17, 15) is 9.90 Å². The molecule has 0 unspecified atom stereocenters. The molecule has 0 aliphatic carbocycles. The van der Waals surface area contributed by atoms with E-state index in [0.717, 1.165) is 0 Å². The highest BCUT2D eigenvalue weighted by Crippen LogP contribution is 2.31. The molecule has 136 valence electrons. The second kappa shape index (κ2) is 7.82. The monoisotopic (exact) mass is 392 g/mol. The van der Waals surface area contributed by atoms with E-state index in [1.807, 2.05) is 10.8 Å². The van der Waals surface area contributed by atoms with Gasteiger partial charge in [0.1, 0.15) is 11.5 Å². The summed E-state index contributed by atoms with van der Waals surface area (Å²) in [5.41, 5.74) is -0.410. The van der Waals surface area contributed by atoms with Crippen LogP contribution in [-0.2, 0) is 5.60 Å². The third-order valence-corrected chi connectivity index (χ3v) is 4.76. The van der Waals surface area contributed by atoms with Gasteiger partial charge in [0.15, 0.2) is 5.60 Å². The fourth-order valence-electron chi connectivity index (χ4n) is 2.50. The van der Waals surface area contributed by atoms with E-state index < -0.39 is 11.6 Å². The van der Waals surface area contributed by atoms with Crippen molar-refractivity contribution in [3.63, 3.8) is 0 Å². The summed E-state index contributed by atoms with van der Waals surface area (Å²) in [5, 5.41) is 20.6. The summed E-state index contributed by atoms with van der Waals surface area (Å²) in [5.74, 6) is 0.820. The van der Waals surface area contributed by atoms with Crippen molar-refractivity contribution in [2.75, 3.05) is 19.0 Å². The molecule has 0 spiro atoms. The van der Waals surface area contributed by atoms with Crippen LogP contribution in [0.15, 0.2) is 57.8 Å². The van der Waals surface area contributed by atoms with Gasteiger partial charge < -0.3 is 24.9 Å². The standard InChI is InChI=1S/C18H17ClN2O4S/c1-24-15-5-4-13(19)9-14(15)21-17(22)20-11-18(23,12-6-8-26-10-12)16-3-2-7-25-16/h2-10,23H,11H2,1H3,(H2,20,21,22)/t18-/m1/s1. The lowest BCUT2D eigenvalue weighted by Gasteiger charge is -2.26. The summed E-state index contributed by atoms with van der Waals surface area (Å²) in [4.78, 5) is 12.3. The van der Waals surface area contributed by atoms with Crippen LogP contribution in [-0.4, -0.2) is 24.8 Å². The molecule has 0 bridgehead atoms. The molecule has 2 amide bonds. The number of amides is 2. The summed E-state index contributed by atoms with van der Waals surface area (Å²) in [6.45, 7) is -0.0774. The minimum Gasteiger partial charge on any atom is -0.495 e. The van der Waals surface area contributed by atoms with Gasteiger partial charge in [-0.1, -0.05) is 11.6 Å². The van der Waals surface area contributed by atoms with Crippen molar-refractivity contribution in [2.24, 2.45) is 0 Å². The number of aliphatic hydroxyl groups is 1. The molecule has 8 heteroatoms. The maximum absolute atomic E-state index is 12.3. The zero-order valence-electron chi connectivity index (χ0n) is 13.9. The first kappa shape index (κ1) is 18.3. The van der Waals surface area contributed by atoms with Crippen molar-refractivity contribution >= 4 is 34.7 Å². The number of methoxy groups -OCH3 is 1. The van der Waals surface area contributed by atoms with Gasteiger partial charge in [-0.25, -0.2) is 4.79 Å². The number of anilines is 1. The highest BCUT2D eigenvalue weighted by atomic mass is 35.5. The molecular formula is C18H17ClN2O4S. The Balaban J connectivity index is 1.74. The van der Waals surface area contributed by atoms with E-state index in [1.54, 1.807) is 36.4 Å². The molecule has 1 aromatic carbocycles. The fraction of sp³-hybridized carbons (Fsp3) is 0.167. The third-order valence-electron chi connectivity index (χ3n) is 3.84. The molecule has 3 aromatic rings. The number of nitrogens with one attached hydrogen (secondary N) is 2. The summed E-state index contributed by atoms with van der Waals surface area (Å²) in [7, 11) is 1.50. The Labute approximate surface area is 159 Å². The number of carbonyl (C=O) groups excluding carboxylic acids is 1. The first-order valence-electron chi connectivity index (χ1n) is 7.70. The number of urea groups is 1. The van der Waals surface area contributed by atoms with Crippen molar-refractivity contribution in [3.8, 4) is 5.75 Å². The summed E-state index contributed by atoms with van der Waals surface area (Å²) >= 11 is 7.41. The van der Waals surface area contributed by atoms with E-state index in [-0.39, 0.29) is 6.54 Å². The van der Waals surface area contributed by atoms with Gasteiger partial charge in [0.2, 0.25) is 0 Å². The molecule has 0 fully saturated rings. The Hall–Kier alpha value is -2.48. The average molecular weight is 393 g/mol. The Morgan fingerprint density at radius 3 is 2.88 bits per heavy atom. The van der Waals surface area contributed by atoms with Crippen LogP contribution >= 0.6 is 22.9 Å². The van der Waals surface area contributed by atoms with Gasteiger partial charge in [-0.2, -0.15) is 11.3 Å². The van der Waals surface area contributed by atoms with Gasteiger partial charge in [0.25, 0.3) is 0 Å². The number of ether oxygens (including phenoxy) is 1. The van der Waals surface area contributed by atoms with Crippen LogP contribution in [0.3, 0.4) is 0 Å². The van der Waals surface area contributed by atoms with E-state index in [2.05, 4.69) is 10.6 Å². The molecule has 1 atom stereocenters. The topological polar surface area (TPSA) is 83.7 Å². The fourth-order valence-corrected chi connectivity index (χ4v) is 3.39. The van der Waals surface area contributed by atoms with Gasteiger partial charge in [-0.05, 0) is 47.2 Å². The minimum absolute atomic E-state index is 0.0774. The summed E-state index contributed by atoms with van der Waals surface area (Å²) < 4.78 is 10.6. The van der Waals surface area contributed by atoms with Crippen LogP contribution < -0.4 is 15.4 Å². The molecule has 26 heavy (non-hydrogen) atoms. The van der Waals surface area contributed by atoms with Gasteiger partial charge >= 0.3 is 6.03 Å². The molecule has 0 radical (unpaired) electrons.